The molecule has 0 aliphatic heterocycles. The quantitative estimate of drug-likeness (QED) is 0.699. The molecule has 0 saturated carbocycles. The molecule has 1 unspecified atom stereocenters. The van der Waals surface area contributed by atoms with Crippen LogP contribution in [0.25, 0.3) is 0 Å². The predicted molar refractivity (Wildman–Crippen MR) is 100 cm³/mol. The topological polar surface area (TPSA) is 24.1 Å². The summed E-state index contributed by atoms with van der Waals surface area (Å²) in [6.07, 6.45) is 1.04. The summed E-state index contributed by atoms with van der Waals surface area (Å²) >= 11 is 17.3. The summed E-state index contributed by atoms with van der Waals surface area (Å²) in [5, 5.41) is 8.00. The first kappa shape index (κ1) is 17.1. The van der Waals surface area contributed by atoms with Gasteiger partial charge in [-0.15, -0.1) is 0 Å². The largest absolute Gasteiger partial charge is 0.356 e. The molecule has 1 atom stereocenters. The number of halogens is 2. The van der Waals surface area contributed by atoms with Gasteiger partial charge in [-0.05, 0) is 54.9 Å². The standard InChI is InChI=1S/C17H18Cl2N2S/c1-3-12-4-6-13(7-5-12)11(2)20-17(22)21-16-9-8-14(18)10-15(16)19/h4-11H,3H2,1-2H3,(H2,20,21,22). The van der Waals surface area contributed by atoms with Crippen LogP contribution < -0.4 is 10.6 Å². The van der Waals surface area contributed by atoms with Crippen LogP contribution in [-0.2, 0) is 6.42 Å². The van der Waals surface area contributed by atoms with Gasteiger partial charge in [0.2, 0.25) is 0 Å². The highest BCUT2D eigenvalue weighted by molar-refractivity contribution is 7.80. The maximum atomic E-state index is 6.13. The number of benzene rings is 2. The highest BCUT2D eigenvalue weighted by Crippen LogP contribution is 2.25. The van der Waals surface area contributed by atoms with Crippen molar-refractivity contribution in [2.24, 2.45) is 0 Å². The number of thiocarbonyl (C=S) groups is 1. The summed E-state index contributed by atoms with van der Waals surface area (Å²) in [6, 6.07) is 13.9. The maximum absolute atomic E-state index is 6.13. The van der Waals surface area contributed by atoms with Crippen LogP contribution in [0.4, 0.5) is 5.69 Å². The third kappa shape index (κ3) is 4.60. The van der Waals surface area contributed by atoms with E-state index in [9.17, 15) is 0 Å². The second-order valence-electron chi connectivity index (χ2n) is 5.04. The van der Waals surface area contributed by atoms with Gasteiger partial charge in [-0.1, -0.05) is 54.4 Å². The third-order valence-electron chi connectivity index (χ3n) is 3.41. The molecule has 2 N–H and O–H groups in total. The van der Waals surface area contributed by atoms with Crippen LogP contribution >= 0.6 is 35.4 Å². The summed E-state index contributed by atoms with van der Waals surface area (Å²) in [5.74, 6) is 0. The summed E-state index contributed by atoms with van der Waals surface area (Å²) in [7, 11) is 0. The second kappa shape index (κ2) is 7.82. The fraction of sp³-hybridized carbons (Fsp3) is 0.235. The van der Waals surface area contributed by atoms with E-state index < -0.39 is 0 Å². The van der Waals surface area contributed by atoms with Crippen LogP contribution in [0.5, 0.6) is 0 Å². The first-order valence-corrected chi connectivity index (χ1v) is 8.27. The van der Waals surface area contributed by atoms with Crippen LogP contribution in [0.1, 0.15) is 31.0 Å². The number of hydrogen-bond donors (Lipinski definition) is 2. The van der Waals surface area contributed by atoms with Gasteiger partial charge >= 0.3 is 0 Å². The van der Waals surface area contributed by atoms with Gasteiger partial charge in [0, 0.05) is 5.02 Å². The molecular formula is C17H18Cl2N2S. The van der Waals surface area contributed by atoms with Gasteiger partial charge in [0.1, 0.15) is 0 Å². The van der Waals surface area contributed by atoms with Gasteiger partial charge in [0.05, 0.1) is 16.8 Å². The van der Waals surface area contributed by atoms with Crippen molar-refractivity contribution in [3.63, 3.8) is 0 Å². The van der Waals surface area contributed by atoms with E-state index in [4.69, 9.17) is 35.4 Å². The highest BCUT2D eigenvalue weighted by Gasteiger charge is 2.08. The Morgan fingerprint density at radius 2 is 1.82 bits per heavy atom. The number of rotatable bonds is 4. The van der Waals surface area contributed by atoms with Crippen LogP contribution in [-0.4, -0.2) is 5.11 Å². The van der Waals surface area contributed by atoms with Crippen molar-refractivity contribution in [2.45, 2.75) is 26.3 Å². The third-order valence-corrected chi connectivity index (χ3v) is 4.18. The molecule has 2 nitrogen and oxygen atoms in total. The second-order valence-corrected chi connectivity index (χ2v) is 6.29. The number of nitrogens with one attached hydrogen (secondary N) is 2. The van der Waals surface area contributed by atoms with Crippen molar-refractivity contribution in [1.29, 1.82) is 0 Å². The first-order chi connectivity index (χ1) is 10.5. The predicted octanol–water partition coefficient (Wildman–Crippen LogP) is 5.60. The lowest BCUT2D eigenvalue weighted by Gasteiger charge is -2.18. The molecule has 0 spiro atoms. The van der Waals surface area contributed by atoms with Gasteiger partial charge in [-0.3, -0.25) is 0 Å². The van der Waals surface area contributed by atoms with E-state index in [1.165, 1.54) is 11.1 Å². The minimum atomic E-state index is 0.108. The Morgan fingerprint density at radius 3 is 2.41 bits per heavy atom. The smallest absolute Gasteiger partial charge is 0.171 e. The van der Waals surface area contributed by atoms with Crippen molar-refractivity contribution in [3.8, 4) is 0 Å². The fourth-order valence-electron chi connectivity index (χ4n) is 2.07. The molecule has 2 rings (SSSR count). The normalized spacial score (nSPS) is 11.8. The average Bonchev–Trinajstić information content (AvgIpc) is 2.50. The summed E-state index contributed by atoms with van der Waals surface area (Å²) < 4.78 is 0. The zero-order valence-electron chi connectivity index (χ0n) is 12.5. The molecule has 0 fully saturated rings. The van der Waals surface area contributed by atoms with Gasteiger partial charge < -0.3 is 10.6 Å². The van der Waals surface area contributed by atoms with Crippen molar-refractivity contribution < 1.29 is 0 Å². The molecule has 0 amide bonds. The minimum absolute atomic E-state index is 0.108. The summed E-state index contributed by atoms with van der Waals surface area (Å²) in [6.45, 7) is 4.21. The molecule has 2 aromatic carbocycles. The molecule has 0 aliphatic carbocycles. The van der Waals surface area contributed by atoms with E-state index in [0.717, 1.165) is 12.1 Å². The Balaban J connectivity index is 1.98. The zero-order chi connectivity index (χ0) is 16.1. The molecule has 0 saturated heterocycles. The van der Waals surface area contributed by atoms with E-state index in [-0.39, 0.29) is 6.04 Å². The fourth-order valence-corrected chi connectivity index (χ4v) is 2.81. The van der Waals surface area contributed by atoms with Crippen molar-refractivity contribution in [2.75, 3.05) is 5.32 Å². The Hall–Kier alpha value is -1.29. The van der Waals surface area contributed by atoms with Gasteiger partial charge in [-0.2, -0.15) is 0 Å². The van der Waals surface area contributed by atoms with E-state index in [1.807, 2.05) is 0 Å². The zero-order valence-corrected chi connectivity index (χ0v) is 14.8. The SMILES string of the molecule is CCc1ccc(C(C)NC(=S)Nc2ccc(Cl)cc2Cl)cc1. The molecule has 0 aliphatic rings. The molecule has 116 valence electrons. The maximum Gasteiger partial charge on any atom is 0.171 e. The lowest BCUT2D eigenvalue weighted by molar-refractivity contribution is 0.722. The molecule has 0 bridgehead atoms. The molecule has 5 heteroatoms. The molecule has 2 aromatic rings. The van der Waals surface area contributed by atoms with E-state index in [2.05, 4.69) is 48.7 Å². The van der Waals surface area contributed by atoms with E-state index in [0.29, 0.717) is 15.2 Å². The van der Waals surface area contributed by atoms with Crippen LogP contribution in [0.3, 0.4) is 0 Å². The molecule has 0 radical (unpaired) electrons. The highest BCUT2D eigenvalue weighted by atomic mass is 35.5. The van der Waals surface area contributed by atoms with Crippen molar-refractivity contribution in [1.82, 2.24) is 5.32 Å². The van der Waals surface area contributed by atoms with Crippen LogP contribution in [0, 0.1) is 0 Å². The Labute approximate surface area is 146 Å². The number of hydrogen-bond acceptors (Lipinski definition) is 1. The van der Waals surface area contributed by atoms with Gasteiger partial charge in [-0.25, -0.2) is 0 Å². The van der Waals surface area contributed by atoms with Crippen LogP contribution in [0.15, 0.2) is 42.5 Å². The van der Waals surface area contributed by atoms with Crippen molar-refractivity contribution in [3.05, 3.63) is 63.6 Å². The molecular weight excluding hydrogens is 335 g/mol. The monoisotopic (exact) mass is 352 g/mol. The first-order valence-electron chi connectivity index (χ1n) is 7.11. The van der Waals surface area contributed by atoms with Crippen molar-refractivity contribution >= 4 is 46.2 Å². The minimum Gasteiger partial charge on any atom is -0.356 e. The van der Waals surface area contributed by atoms with E-state index in [1.54, 1.807) is 18.2 Å². The Morgan fingerprint density at radius 1 is 1.14 bits per heavy atom. The van der Waals surface area contributed by atoms with Gasteiger partial charge in [0.15, 0.2) is 5.11 Å². The number of anilines is 1. The van der Waals surface area contributed by atoms with Gasteiger partial charge in [0.25, 0.3) is 0 Å². The van der Waals surface area contributed by atoms with Crippen LogP contribution in [0.2, 0.25) is 10.0 Å². The molecule has 0 aromatic heterocycles. The Kier molecular flexibility index (Phi) is 6.07. The summed E-state index contributed by atoms with van der Waals surface area (Å²) in [5.41, 5.74) is 3.24. The number of aryl methyl sites for hydroxylation is 1. The molecule has 0 heterocycles. The van der Waals surface area contributed by atoms with E-state index >= 15 is 0 Å². The molecule has 22 heavy (non-hydrogen) atoms. The Bertz CT molecular complexity index is 656. The lowest BCUT2D eigenvalue weighted by atomic mass is 10.1. The lowest BCUT2D eigenvalue weighted by Crippen LogP contribution is -2.31. The average molecular weight is 353 g/mol. The summed E-state index contributed by atoms with van der Waals surface area (Å²) in [4.78, 5) is 0.